The number of amides is 2. The van der Waals surface area contributed by atoms with Crippen LogP contribution in [-0.4, -0.2) is 57.2 Å². The molecule has 142 valence electrons. The molecular weight excluding hydrogens is 354 g/mol. The number of anilines is 1. The largest absolute Gasteiger partial charge is 0.497 e. The molecule has 4 aliphatic rings. The highest BCUT2D eigenvalue weighted by Gasteiger charge is 2.71. The van der Waals surface area contributed by atoms with E-state index in [4.69, 9.17) is 23.7 Å². The number of ether oxygens (including phenoxy) is 5. The van der Waals surface area contributed by atoms with E-state index in [0.717, 1.165) is 0 Å². The first kappa shape index (κ1) is 16.7. The number of carbonyl (C=O) groups is 2. The molecular formula is C19H19NO7. The fraction of sp³-hybridized carbons (Fsp3) is 0.474. The summed E-state index contributed by atoms with van der Waals surface area (Å²) in [5.74, 6) is -1.02. The number of benzene rings is 1. The highest BCUT2D eigenvalue weighted by atomic mass is 16.7. The number of methoxy groups -OCH3 is 2. The van der Waals surface area contributed by atoms with Crippen LogP contribution in [0.3, 0.4) is 0 Å². The van der Waals surface area contributed by atoms with E-state index in [1.807, 2.05) is 12.2 Å². The third kappa shape index (κ3) is 2.08. The zero-order chi connectivity index (χ0) is 18.8. The standard InChI is InChI=1S/C19H19NO7/c1-23-10-3-4-12(24-2)11(9-10)20-16(21)14-13-5-6-19(27-13,15(14)17(20)22)18-25-7-8-26-18/h3-6,9,13-15,18H,7-8H2,1-2H3/t13-,14+,15-,19-/m1/s1. The maximum Gasteiger partial charge on any atom is 0.241 e. The monoisotopic (exact) mass is 373 g/mol. The third-order valence-electron chi connectivity index (χ3n) is 5.69. The molecule has 8 nitrogen and oxygen atoms in total. The van der Waals surface area contributed by atoms with Crippen LogP contribution in [0.2, 0.25) is 0 Å². The number of nitrogens with zero attached hydrogens (tertiary/aromatic N) is 1. The lowest BCUT2D eigenvalue weighted by molar-refractivity contribution is -0.180. The van der Waals surface area contributed by atoms with Crippen LogP contribution >= 0.6 is 0 Å². The Morgan fingerprint density at radius 1 is 1.11 bits per heavy atom. The van der Waals surface area contributed by atoms with Crippen molar-refractivity contribution in [3.05, 3.63) is 30.4 Å². The number of imide groups is 1. The van der Waals surface area contributed by atoms with Crippen molar-refractivity contribution in [1.82, 2.24) is 0 Å². The van der Waals surface area contributed by atoms with Crippen LogP contribution < -0.4 is 14.4 Å². The molecule has 3 saturated heterocycles. The predicted octanol–water partition coefficient (Wildman–Crippen LogP) is 0.890. The van der Waals surface area contributed by atoms with Crippen molar-refractivity contribution in [3.8, 4) is 11.5 Å². The van der Waals surface area contributed by atoms with Gasteiger partial charge in [-0.2, -0.15) is 0 Å². The van der Waals surface area contributed by atoms with Crippen LogP contribution in [0, 0.1) is 11.8 Å². The van der Waals surface area contributed by atoms with E-state index in [0.29, 0.717) is 30.4 Å². The van der Waals surface area contributed by atoms with Gasteiger partial charge in [0.15, 0.2) is 11.9 Å². The summed E-state index contributed by atoms with van der Waals surface area (Å²) >= 11 is 0. The lowest BCUT2D eigenvalue weighted by Crippen LogP contribution is -2.49. The summed E-state index contributed by atoms with van der Waals surface area (Å²) < 4.78 is 28.0. The van der Waals surface area contributed by atoms with Crippen molar-refractivity contribution in [3.63, 3.8) is 0 Å². The minimum Gasteiger partial charge on any atom is -0.497 e. The first-order chi connectivity index (χ1) is 13.1. The van der Waals surface area contributed by atoms with Crippen LogP contribution in [0.1, 0.15) is 0 Å². The molecule has 0 radical (unpaired) electrons. The molecule has 1 aromatic carbocycles. The molecule has 0 saturated carbocycles. The van der Waals surface area contributed by atoms with Gasteiger partial charge in [0.25, 0.3) is 0 Å². The van der Waals surface area contributed by atoms with E-state index >= 15 is 0 Å². The molecule has 2 bridgehead atoms. The Labute approximate surface area is 155 Å². The Balaban J connectivity index is 1.58. The topological polar surface area (TPSA) is 83.5 Å². The lowest BCUT2D eigenvalue weighted by atomic mass is 9.76. The quantitative estimate of drug-likeness (QED) is 0.572. The van der Waals surface area contributed by atoms with E-state index in [1.165, 1.54) is 19.1 Å². The smallest absolute Gasteiger partial charge is 0.241 e. The zero-order valence-electron chi connectivity index (χ0n) is 14.9. The molecule has 0 spiro atoms. The normalized spacial score (nSPS) is 34.6. The highest BCUT2D eigenvalue weighted by Crippen LogP contribution is 2.55. The van der Waals surface area contributed by atoms with E-state index in [2.05, 4.69) is 0 Å². The molecule has 1 aromatic rings. The first-order valence-electron chi connectivity index (χ1n) is 8.81. The lowest BCUT2D eigenvalue weighted by Gasteiger charge is -2.32. The molecule has 0 unspecified atom stereocenters. The molecule has 27 heavy (non-hydrogen) atoms. The van der Waals surface area contributed by atoms with Gasteiger partial charge in [0.1, 0.15) is 11.5 Å². The van der Waals surface area contributed by atoms with Crippen molar-refractivity contribution in [2.45, 2.75) is 18.0 Å². The van der Waals surface area contributed by atoms with Crippen LogP contribution in [0.4, 0.5) is 5.69 Å². The van der Waals surface area contributed by atoms with Gasteiger partial charge in [-0.3, -0.25) is 9.59 Å². The second kappa shape index (κ2) is 5.79. The maximum absolute atomic E-state index is 13.4. The molecule has 0 N–H and O–H groups in total. The number of hydrogen-bond acceptors (Lipinski definition) is 7. The summed E-state index contributed by atoms with van der Waals surface area (Å²) in [4.78, 5) is 27.8. The Bertz CT molecular complexity index is 846. The summed E-state index contributed by atoms with van der Waals surface area (Å²) in [6.45, 7) is 0.864. The van der Waals surface area contributed by atoms with Gasteiger partial charge in [0, 0.05) is 6.07 Å². The van der Waals surface area contributed by atoms with Crippen LogP contribution in [0.5, 0.6) is 11.5 Å². The van der Waals surface area contributed by atoms with Gasteiger partial charge in [-0.1, -0.05) is 6.08 Å². The average molecular weight is 373 g/mol. The third-order valence-corrected chi connectivity index (χ3v) is 5.69. The van der Waals surface area contributed by atoms with Crippen molar-refractivity contribution in [2.75, 3.05) is 32.3 Å². The van der Waals surface area contributed by atoms with Crippen molar-refractivity contribution >= 4 is 17.5 Å². The Hall–Kier alpha value is -2.42. The van der Waals surface area contributed by atoms with Gasteiger partial charge in [-0.25, -0.2) is 4.90 Å². The van der Waals surface area contributed by atoms with Gasteiger partial charge < -0.3 is 23.7 Å². The predicted molar refractivity (Wildman–Crippen MR) is 91.5 cm³/mol. The molecule has 4 atom stereocenters. The van der Waals surface area contributed by atoms with Crippen molar-refractivity contribution in [1.29, 1.82) is 0 Å². The second-order valence-corrected chi connectivity index (χ2v) is 6.92. The summed E-state index contributed by atoms with van der Waals surface area (Å²) in [5.41, 5.74) is -0.705. The molecule has 3 fully saturated rings. The second-order valence-electron chi connectivity index (χ2n) is 6.92. The van der Waals surface area contributed by atoms with Gasteiger partial charge in [0.2, 0.25) is 11.8 Å². The average Bonchev–Trinajstić information content (AvgIpc) is 3.45. The van der Waals surface area contributed by atoms with Gasteiger partial charge >= 0.3 is 0 Å². The van der Waals surface area contributed by atoms with Crippen molar-refractivity contribution in [2.24, 2.45) is 11.8 Å². The minimum atomic E-state index is -1.07. The molecule has 4 heterocycles. The summed E-state index contributed by atoms with van der Waals surface area (Å²) in [6.07, 6.45) is 2.47. The van der Waals surface area contributed by atoms with Crippen LogP contribution in [0.25, 0.3) is 0 Å². The molecule has 5 rings (SSSR count). The van der Waals surface area contributed by atoms with E-state index < -0.39 is 29.8 Å². The minimum absolute atomic E-state index is 0.314. The van der Waals surface area contributed by atoms with Gasteiger partial charge in [0.05, 0.1) is 51.1 Å². The Kier molecular flexibility index (Phi) is 3.59. The summed E-state index contributed by atoms with van der Waals surface area (Å²) in [7, 11) is 3.02. The van der Waals surface area contributed by atoms with Crippen LogP contribution in [0.15, 0.2) is 30.4 Å². The molecule has 8 heteroatoms. The summed E-state index contributed by atoms with van der Waals surface area (Å²) in [6, 6.07) is 5.01. The van der Waals surface area contributed by atoms with E-state index in [-0.39, 0.29) is 11.8 Å². The number of hydrogen-bond donors (Lipinski definition) is 0. The van der Waals surface area contributed by atoms with E-state index in [9.17, 15) is 9.59 Å². The first-order valence-corrected chi connectivity index (χ1v) is 8.81. The fourth-order valence-electron chi connectivity index (χ4n) is 4.53. The Morgan fingerprint density at radius 2 is 1.89 bits per heavy atom. The molecule has 0 aromatic heterocycles. The molecule has 4 aliphatic heterocycles. The summed E-state index contributed by atoms with van der Waals surface area (Å²) in [5, 5.41) is 0. The number of fused-ring (bicyclic) bond motifs is 5. The van der Waals surface area contributed by atoms with Gasteiger partial charge in [-0.15, -0.1) is 0 Å². The number of rotatable bonds is 4. The molecule has 2 amide bonds. The zero-order valence-corrected chi connectivity index (χ0v) is 14.9. The number of carbonyl (C=O) groups excluding carboxylic acids is 2. The molecule has 0 aliphatic carbocycles. The SMILES string of the molecule is COc1ccc(OC)c(N2C(=O)[C@H]3[C@H]4C=C[C@@](C5OCCO5)(O4)[C@H]3C2=O)c1. The maximum atomic E-state index is 13.4. The van der Waals surface area contributed by atoms with E-state index in [1.54, 1.807) is 18.2 Å². The highest BCUT2D eigenvalue weighted by molar-refractivity contribution is 6.24. The van der Waals surface area contributed by atoms with Crippen LogP contribution in [-0.2, 0) is 23.8 Å². The fourth-order valence-corrected chi connectivity index (χ4v) is 4.53. The van der Waals surface area contributed by atoms with Crippen molar-refractivity contribution < 1.29 is 33.3 Å². The van der Waals surface area contributed by atoms with Gasteiger partial charge in [-0.05, 0) is 18.2 Å². The Morgan fingerprint density at radius 3 is 2.59 bits per heavy atom.